The van der Waals surface area contributed by atoms with Gasteiger partial charge in [0.25, 0.3) is 0 Å². The number of aryl methyl sites for hydroxylation is 1. The lowest BCUT2D eigenvalue weighted by Crippen LogP contribution is -2.54. The Bertz CT molecular complexity index is 621. The van der Waals surface area contributed by atoms with E-state index in [1.165, 1.54) is 42.5 Å². The number of fused-ring (bicyclic) bond motifs is 2. The van der Waals surface area contributed by atoms with Crippen LogP contribution in [-0.2, 0) is 0 Å². The minimum atomic E-state index is 0.647. The molecular formula is C20H29N3S. The molecule has 3 atom stereocenters. The maximum atomic E-state index is 5.72. The van der Waals surface area contributed by atoms with Crippen molar-refractivity contribution >= 4 is 23.0 Å². The smallest absolute Gasteiger partial charge is 0.169 e. The van der Waals surface area contributed by atoms with E-state index in [4.69, 9.17) is 12.2 Å². The summed E-state index contributed by atoms with van der Waals surface area (Å²) in [5, 5.41) is 4.69. The molecule has 1 heterocycles. The third-order valence-corrected chi connectivity index (χ3v) is 6.91. The number of anilines is 1. The monoisotopic (exact) mass is 343 g/mol. The van der Waals surface area contributed by atoms with Crippen molar-refractivity contribution in [3.05, 3.63) is 29.3 Å². The molecule has 0 aromatic heterocycles. The van der Waals surface area contributed by atoms with Crippen LogP contribution in [0.25, 0.3) is 0 Å². The van der Waals surface area contributed by atoms with E-state index in [0.29, 0.717) is 6.04 Å². The molecule has 1 saturated heterocycles. The Morgan fingerprint density at radius 2 is 1.88 bits per heavy atom. The quantitative estimate of drug-likeness (QED) is 0.828. The zero-order valence-electron chi connectivity index (χ0n) is 14.9. The van der Waals surface area contributed by atoms with Gasteiger partial charge >= 0.3 is 0 Å². The summed E-state index contributed by atoms with van der Waals surface area (Å²) in [5.74, 6) is 1.85. The second kappa shape index (κ2) is 6.55. The molecule has 130 valence electrons. The van der Waals surface area contributed by atoms with Crippen LogP contribution in [0.3, 0.4) is 0 Å². The van der Waals surface area contributed by atoms with E-state index in [9.17, 15) is 0 Å². The summed E-state index contributed by atoms with van der Waals surface area (Å²) in [6.45, 7) is 8.60. The molecule has 3 aliphatic rings. The maximum absolute atomic E-state index is 5.72. The van der Waals surface area contributed by atoms with Crippen molar-refractivity contribution in [2.45, 2.75) is 45.6 Å². The van der Waals surface area contributed by atoms with Gasteiger partial charge in [-0.1, -0.05) is 18.6 Å². The summed E-state index contributed by atoms with van der Waals surface area (Å²) < 4.78 is 0. The van der Waals surface area contributed by atoms with Crippen LogP contribution in [0, 0.1) is 25.7 Å². The molecule has 4 heteroatoms. The van der Waals surface area contributed by atoms with Crippen LogP contribution in [0.4, 0.5) is 5.69 Å². The summed E-state index contributed by atoms with van der Waals surface area (Å²) in [7, 11) is 0. The Hall–Kier alpha value is -1.29. The van der Waals surface area contributed by atoms with Gasteiger partial charge in [0, 0.05) is 37.9 Å². The molecule has 0 radical (unpaired) electrons. The number of benzene rings is 1. The first-order valence-corrected chi connectivity index (χ1v) is 9.89. The van der Waals surface area contributed by atoms with Crippen LogP contribution in [-0.4, -0.2) is 42.2 Å². The number of hydrogen-bond acceptors (Lipinski definition) is 2. The number of nitrogens with zero attached hydrogens (tertiary/aromatic N) is 2. The summed E-state index contributed by atoms with van der Waals surface area (Å²) in [5.41, 5.74) is 4.18. The van der Waals surface area contributed by atoms with Gasteiger partial charge in [-0.3, -0.25) is 0 Å². The minimum absolute atomic E-state index is 0.647. The summed E-state index contributed by atoms with van der Waals surface area (Å²) >= 11 is 5.72. The number of hydrogen-bond donors (Lipinski definition) is 1. The summed E-state index contributed by atoms with van der Waals surface area (Å²) in [4.78, 5) is 4.89. The lowest BCUT2D eigenvalue weighted by atomic mass is 9.95. The van der Waals surface area contributed by atoms with E-state index in [-0.39, 0.29) is 0 Å². The molecule has 4 rings (SSSR count). The molecule has 0 spiro atoms. The molecule has 1 aromatic rings. The number of rotatable bonds is 2. The average molecular weight is 344 g/mol. The van der Waals surface area contributed by atoms with Crippen molar-refractivity contribution in [1.29, 1.82) is 0 Å². The lowest BCUT2D eigenvalue weighted by Gasteiger charge is -2.39. The molecule has 2 aliphatic carbocycles. The van der Waals surface area contributed by atoms with Crippen molar-refractivity contribution in [1.82, 2.24) is 10.2 Å². The van der Waals surface area contributed by atoms with Gasteiger partial charge in [-0.2, -0.15) is 0 Å². The highest BCUT2D eigenvalue weighted by atomic mass is 32.1. The maximum Gasteiger partial charge on any atom is 0.169 e. The van der Waals surface area contributed by atoms with Gasteiger partial charge < -0.3 is 15.1 Å². The Morgan fingerprint density at radius 1 is 1.08 bits per heavy atom. The highest BCUT2D eigenvalue weighted by molar-refractivity contribution is 7.80. The molecule has 0 unspecified atom stereocenters. The SMILES string of the molecule is Cc1cccc(N2CCN(C(=S)N[C@@H]3C[C@H]4CC[C@@H]3C4)CC2)c1C. The van der Waals surface area contributed by atoms with E-state index in [0.717, 1.165) is 43.1 Å². The van der Waals surface area contributed by atoms with Crippen molar-refractivity contribution in [3.8, 4) is 0 Å². The Kier molecular flexibility index (Phi) is 4.42. The lowest BCUT2D eigenvalue weighted by molar-refractivity contribution is 0.345. The van der Waals surface area contributed by atoms with Crippen LogP contribution >= 0.6 is 12.2 Å². The van der Waals surface area contributed by atoms with E-state index < -0.39 is 0 Å². The molecule has 2 bridgehead atoms. The van der Waals surface area contributed by atoms with Crippen LogP contribution in [0.15, 0.2) is 18.2 Å². The topological polar surface area (TPSA) is 18.5 Å². The van der Waals surface area contributed by atoms with Gasteiger partial charge in [0.1, 0.15) is 0 Å². The fraction of sp³-hybridized carbons (Fsp3) is 0.650. The largest absolute Gasteiger partial charge is 0.368 e. The highest BCUT2D eigenvalue weighted by Gasteiger charge is 2.40. The van der Waals surface area contributed by atoms with Crippen molar-refractivity contribution < 1.29 is 0 Å². The van der Waals surface area contributed by atoms with Crippen LogP contribution < -0.4 is 10.2 Å². The number of piperazine rings is 1. The molecule has 24 heavy (non-hydrogen) atoms. The fourth-order valence-corrected chi connectivity index (χ4v) is 5.23. The molecule has 2 saturated carbocycles. The number of nitrogens with one attached hydrogen (secondary N) is 1. The van der Waals surface area contributed by atoms with E-state index >= 15 is 0 Å². The first-order chi connectivity index (χ1) is 11.6. The van der Waals surface area contributed by atoms with Gasteiger partial charge in [0.2, 0.25) is 0 Å². The molecule has 3 nitrogen and oxygen atoms in total. The van der Waals surface area contributed by atoms with E-state index in [1.54, 1.807) is 0 Å². The van der Waals surface area contributed by atoms with Gasteiger partial charge in [0.05, 0.1) is 0 Å². The molecule has 1 aromatic carbocycles. The zero-order valence-corrected chi connectivity index (χ0v) is 15.7. The van der Waals surface area contributed by atoms with Crippen LogP contribution in [0.5, 0.6) is 0 Å². The first kappa shape index (κ1) is 16.2. The van der Waals surface area contributed by atoms with Gasteiger partial charge in [-0.15, -0.1) is 0 Å². The minimum Gasteiger partial charge on any atom is -0.368 e. The molecule has 3 fully saturated rings. The van der Waals surface area contributed by atoms with Gasteiger partial charge in [0.15, 0.2) is 5.11 Å². The second-order valence-electron chi connectivity index (χ2n) is 7.92. The van der Waals surface area contributed by atoms with E-state index in [1.807, 2.05) is 0 Å². The second-order valence-corrected chi connectivity index (χ2v) is 8.31. The van der Waals surface area contributed by atoms with Crippen molar-refractivity contribution in [3.63, 3.8) is 0 Å². The predicted octanol–water partition coefficient (Wildman–Crippen LogP) is 3.49. The van der Waals surface area contributed by atoms with Crippen molar-refractivity contribution in [2.75, 3.05) is 31.1 Å². The Morgan fingerprint density at radius 3 is 2.54 bits per heavy atom. The Balaban J connectivity index is 1.32. The molecule has 1 N–H and O–H groups in total. The summed E-state index contributed by atoms with van der Waals surface area (Å²) in [6, 6.07) is 7.27. The third-order valence-electron chi connectivity index (χ3n) is 6.53. The van der Waals surface area contributed by atoms with Crippen LogP contribution in [0.1, 0.15) is 36.8 Å². The average Bonchev–Trinajstić information content (AvgIpc) is 3.20. The molecular weight excluding hydrogens is 314 g/mol. The zero-order chi connectivity index (χ0) is 16.7. The predicted molar refractivity (Wildman–Crippen MR) is 105 cm³/mol. The molecule has 0 amide bonds. The van der Waals surface area contributed by atoms with E-state index in [2.05, 4.69) is 47.2 Å². The number of thiocarbonyl (C=S) groups is 1. The fourth-order valence-electron chi connectivity index (χ4n) is 4.90. The standard InChI is InChI=1S/C20H29N3S/c1-14-4-3-5-19(15(14)2)22-8-10-23(11-9-22)20(24)21-18-13-16-6-7-17(18)12-16/h3-5,16-18H,6-13H2,1-2H3,(H,21,24)/t16-,17+,18+/m0/s1. The molecule has 1 aliphatic heterocycles. The van der Waals surface area contributed by atoms with Gasteiger partial charge in [-0.25, -0.2) is 0 Å². The Labute approximate surface area is 151 Å². The highest BCUT2D eigenvalue weighted by Crippen LogP contribution is 2.44. The van der Waals surface area contributed by atoms with Gasteiger partial charge in [-0.05, 0) is 74.4 Å². The summed E-state index contributed by atoms with van der Waals surface area (Å²) in [6.07, 6.45) is 5.63. The van der Waals surface area contributed by atoms with Crippen LogP contribution in [0.2, 0.25) is 0 Å². The van der Waals surface area contributed by atoms with Crippen molar-refractivity contribution in [2.24, 2.45) is 11.8 Å². The third kappa shape index (κ3) is 3.01. The normalized spacial score (nSPS) is 29.2. The first-order valence-electron chi connectivity index (χ1n) is 9.48.